The van der Waals surface area contributed by atoms with E-state index >= 15 is 0 Å². The van der Waals surface area contributed by atoms with Gasteiger partial charge in [-0.2, -0.15) is 0 Å². The van der Waals surface area contributed by atoms with Crippen LogP contribution < -0.4 is 0 Å². The summed E-state index contributed by atoms with van der Waals surface area (Å²) in [6.45, 7) is 6.94. The largest absolute Gasteiger partial charge is 0.0849 e. The Morgan fingerprint density at radius 1 is 1.45 bits per heavy atom. The van der Waals surface area contributed by atoms with Crippen molar-refractivity contribution in [2.75, 3.05) is 0 Å². The summed E-state index contributed by atoms with van der Waals surface area (Å²) in [7, 11) is 0. The summed E-state index contributed by atoms with van der Waals surface area (Å²) in [6, 6.07) is 0. The van der Waals surface area contributed by atoms with Crippen LogP contribution in [0.5, 0.6) is 0 Å². The maximum Gasteiger partial charge on any atom is -0.0149 e. The summed E-state index contributed by atoms with van der Waals surface area (Å²) in [4.78, 5) is 0. The lowest BCUT2D eigenvalue weighted by atomic mass is 9.75. The van der Waals surface area contributed by atoms with Crippen LogP contribution in [0.1, 0.15) is 46.5 Å². The van der Waals surface area contributed by atoms with E-state index in [1.807, 2.05) is 0 Å². The first-order valence-electron chi connectivity index (χ1n) is 4.89. The smallest absolute Gasteiger partial charge is 0.0149 e. The monoisotopic (exact) mass is 152 g/mol. The standard InChI is InChI=1S/C11H20/c1-4-10-6-8-11(3,5-2)9-7-10/h6,8,10H,4-5,7,9H2,1-3H3. The fourth-order valence-corrected chi connectivity index (χ4v) is 1.70. The van der Waals surface area contributed by atoms with E-state index in [9.17, 15) is 0 Å². The molecule has 0 saturated carbocycles. The van der Waals surface area contributed by atoms with Crippen molar-refractivity contribution in [3.05, 3.63) is 12.2 Å². The number of hydrogen-bond donors (Lipinski definition) is 0. The minimum Gasteiger partial charge on any atom is -0.0849 e. The first-order valence-corrected chi connectivity index (χ1v) is 4.89. The highest BCUT2D eigenvalue weighted by molar-refractivity contribution is 5.03. The molecule has 0 bridgehead atoms. The first kappa shape index (κ1) is 8.83. The second kappa shape index (κ2) is 3.42. The zero-order valence-corrected chi connectivity index (χ0v) is 8.06. The highest BCUT2D eigenvalue weighted by Crippen LogP contribution is 2.36. The van der Waals surface area contributed by atoms with Gasteiger partial charge in [0.15, 0.2) is 0 Å². The summed E-state index contributed by atoms with van der Waals surface area (Å²) < 4.78 is 0. The van der Waals surface area contributed by atoms with Gasteiger partial charge < -0.3 is 0 Å². The Morgan fingerprint density at radius 3 is 2.55 bits per heavy atom. The van der Waals surface area contributed by atoms with Gasteiger partial charge in [0, 0.05) is 0 Å². The normalized spacial score (nSPS) is 37.5. The molecular formula is C11H20. The second-order valence-electron chi connectivity index (χ2n) is 4.07. The molecule has 0 aromatic carbocycles. The Balaban J connectivity index is 2.55. The Hall–Kier alpha value is -0.260. The summed E-state index contributed by atoms with van der Waals surface area (Å²) in [5.41, 5.74) is 0.520. The van der Waals surface area contributed by atoms with Crippen molar-refractivity contribution in [1.29, 1.82) is 0 Å². The molecule has 0 radical (unpaired) electrons. The molecular weight excluding hydrogens is 132 g/mol. The van der Waals surface area contributed by atoms with Crippen molar-refractivity contribution in [1.82, 2.24) is 0 Å². The molecule has 0 amide bonds. The van der Waals surface area contributed by atoms with Gasteiger partial charge in [0.05, 0.1) is 0 Å². The molecule has 0 nitrogen and oxygen atoms in total. The Kier molecular flexibility index (Phi) is 2.75. The second-order valence-corrected chi connectivity index (χ2v) is 4.07. The SMILES string of the molecule is CCC1C=CC(C)(CC)CC1. The fraction of sp³-hybridized carbons (Fsp3) is 0.818. The van der Waals surface area contributed by atoms with Crippen LogP contribution in [0.15, 0.2) is 12.2 Å². The predicted octanol–water partition coefficient (Wildman–Crippen LogP) is 3.78. The number of hydrogen-bond acceptors (Lipinski definition) is 0. The lowest BCUT2D eigenvalue weighted by molar-refractivity contribution is 0.316. The minimum absolute atomic E-state index is 0.520. The zero-order chi connectivity index (χ0) is 8.32. The van der Waals surface area contributed by atoms with Crippen LogP contribution in [-0.4, -0.2) is 0 Å². The Labute approximate surface area is 70.7 Å². The third kappa shape index (κ3) is 2.08. The maximum atomic E-state index is 2.44. The molecule has 0 spiro atoms. The van der Waals surface area contributed by atoms with E-state index < -0.39 is 0 Å². The first-order chi connectivity index (χ1) is 5.20. The third-order valence-corrected chi connectivity index (χ3v) is 3.19. The molecule has 0 fully saturated rings. The summed E-state index contributed by atoms with van der Waals surface area (Å²) in [5.74, 6) is 0.870. The van der Waals surface area contributed by atoms with Crippen molar-refractivity contribution >= 4 is 0 Å². The van der Waals surface area contributed by atoms with E-state index in [0.29, 0.717) is 5.41 Å². The molecule has 0 aromatic rings. The Morgan fingerprint density at radius 2 is 2.18 bits per heavy atom. The molecule has 0 aromatic heterocycles. The molecule has 0 N–H and O–H groups in total. The van der Waals surface area contributed by atoms with E-state index in [1.165, 1.54) is 25.7 Å². The van der Waals surface area contributed by atoms with Crippen LogP contribution in [0, 0.1) is 11.3 Å². The van der Waals surface area contributed by atoms with Crippen LogP contribution in [0.2, 0.25) is 0 Å². The van der Waals surface area contributed by atoms with E-state index in [2.05, 4.69) is 32.9 Å². The van der Waals surface area contributed by atoms with Crippen molar-refractivity contribution in [3.63, 3.8) is 0 Å². The molecule has 0 heterocycles. The molecule has 0 heteroatoms. The third-order valence-electron chi connectivity index (χ3n) is 3.19. The molecule has 11 heavy (non-hydrogen) atoms. The van der Waals surface area contributed by atoms with Crippen LogP contribution in [-0.2, 0) is 0 Å². The molecule has 1 aliphatic rings. The van der Waals surface area contributed by atoms with Crippen molar-refractivity contribution in [3.8, 4) is 0 Å². The van der Waals surface area contributed by atoms with Gasteiger partial charge in [-0.1, -0.05) is 32.9 Å². The van der Waals surface area contributed by atoms with Crippen molar-refractivity contribution < 1.29 is 0 Å². The summed E-state index contributed by atoms with van der Waals surface area (Å²) >= 11 is 0. The number of rotatable bonds is 2. The highest BCUT2D eigenvalue weighted by atomic mass is 14.3. The van der Waals surface area contributed by atoms with E-state index in [0.717, 1.165) is 5.92 Å². The van der Waals surface area contributed by atoms with E-state index in [4.69, 9.17) is 0 Å². The van der Waals surface area contributed by atoms with Crippen LogP contribution in [0.25, 0.3) is 0 Å². The van der Waals surface area contributed by atoms with Gasteiger partial charge in [0.25, 0.3) is 0 Å². The highest BCUT2D eigenvalue weighted by Gasteiger charge is 2.23. The number of allylic oxidation sites excluding steroid dienone is 2. The van der Waals surface area contributed by atoms with Crippen LogP contribution in [0.3, 0.4) is 0 Å². The van der Waals surface area contributed by atoms with Crippen molar-refractivity contribution in [2.24, 2.45) is 11.3 Å². The average Bonchev–Trinajstić information content (AvgIpc) is 2.06. The van der Waals surface area contributed by atoms with Gasteiger partial charge in [0.1, 0.15) is 0 Å². The lowest BCUT2D eigenvalue weighted by Crippen LogP contribution is -2.17. The van der Waals surface area contributed by atoms with Gasteiger partial charge in [0.2, 0.25) is 0 Å². The van der Waals surface area contributed by atoms with Gasteiger partial charge in [-0.05, 0) is 37.0 Å². The summed E-state index contributed by atoms with van der Waals surface area (Å²) in [6.07, 6.45) is 10.3. The predicted molar refractivity (Wildman–Crippen MR) is 50.6 cm³/mol. The van der Waals surface area contributed by atoms with Gasteiger partial charge >= 0.3 is 0 Å². The molecule has 2 unspecified atom stereocenters. The van der Waals surface area contributed by atoms with E-state index in [1.54, 1.807) is 0 Å². The van der Waals surface area contributed by atoms with Crippen LogP contribution >= 0.6 is 0 Å². The minimum atomic E-state index is 0.520. The van der Waals surface area contributed by atoms with Crippen LogP contribution in [0.4, 0.5) is 0 Å². The topological polar surface area (TPSA) is 0 Å². The molecule has 1 aliphatic carbocycles. The Bertz CT molecular complexity index is 146. The lowest BCUT2D eigenvalue weighted by Gasteiger charge is -2.30. The fourth-order valence-electron chi connectivity index (χ4n) is 1.70. The van der Waals surface area contributed by atoms with E-state index in [-0.39, 0.29) is 0 Å². The van der Waals surface area contributed by atoms with Crippen molar-refractivity contribution in [2.45, 2.75) is 46.5 Å². The quantitative estimate of drug-likeness (QED) is 0.528. The molecule has 0 aliphatic heterocycles. The average molecular weight is 152 g/mol. The zero-order valence-electron chi connectivity index (χ0n) is 8.06. The van der Waals surface area contributed by atoms with Gasteiger partial charge in [-0.3, -0.25) is 0 Å². The van der Waals surface area contributed by atoms with Gasteiger partial charge in [-0.15, -0.1) is 0 Å². The molecule has 2 atom stereocenters. The summed E-state index contributed by atoms with van der Waals surface area (Å²) in [5, 5.41) is 0. The molecule has 64 valence electrons. The van der Waals surface area contributed by atoms with Gasteiger partial charge in [-0.25, -0.2) is 0 Å². The maximum absolute atomic E-state index is 2.44. The molecule has 1 rings (SSSR count). The molecule has 0 saturated heterocycles.